The summed E-state index contributed by atoms with van der Waals surface area (Å²) >= 11 is 0. The molecule has 226 valence electrons. The molecule has 0 spiro atoms. The van der Waals surface area contributed by atoms with E-state index in [-0.39, 0.29) is 0 Å². The van der Waals surface area contributed by atoms with Crippen molar-refractivity contribution in [1.82, 2.24) is 15.0 Å². The number of nitrogens with zero attached hydrogens (tertiary/aromatic N) is 1. The van der Waals surface area contributed by atoms with Gasteiger partial charge in [-0.15, -0.1) is 0 Å². The van der Waals surface area contributed by atoms with E-state index in [9.17, 15) is 0 Å². The normalized spacial score (nSPS) is 12.0. The van der Waals surface area contributed by atoms with Gasteiger partial charge in [0, 0.05) is 44.3 Å². The molecule has 8 bridgehead atoms. The van der Waals surface area contributed by atoms with Crippen LogP contribution in [0.3, 0.4) is 0 Å². The van der Waals surface area contributed by atoms with E-state index in [1.54, 1.807) is 0 Å². The van der Waals surface area contributed by atoms with Crippen LogP contribution in [0.2, 0.25) is 0 Å². The smallest absolute Gasteiger partial charge is 0.0737 e. The molecular formula is C45H31N3. The van der Waals surface area contributed by atoms with Crippen molar-refractivity contribution in [3.05, 3.63) is 174 Å². The van der Waals surface area contributed by atoms with E-state index in [0.717, 1.165) is 89.1 Å². The van der Waals surface area contributed by atoms with Crippen LogP contribution in [0.5, 0.6) is 0 Å². The van der Waals surface area contributed by atoms with Crippen molar-refractivity contribution in [3.63, 3.8) is 0 Å². The van der Waals surface area contributed by atoms with Crippen molar-refractivity contribution in [2.24, 2.45) is 0 Å². The minimum atomic E-state index is 0.922. The third-order valence-electron chi connectivity index (χ3n) is 9.18. The Kier molecular flexibility index (Phi) is 6.80. The molecule has 48 heavy (non-hydrogen) atoms. The third-order valence-corrected chi connectivity index (χ3v) is 9.18. The Morgan fingerprint density at radius 2 is 0.625 bits per heavy atom. The van der Waals surface area contributed by atoms with Gasteiger partial charge in [-0.25, -0.2) is 4.98 Å². The summed E-state index contributed by atoms with van der Waals surface area (Å²) in [7, 11) is 0. The SMILES string of the molecule is C1=Cc2cc1c(-c1ccccc1)c1ccc([nH]1)c(-c1ccccc1)c1nc(c(-c3ccccc3)c3ccc([nH]3)c2-c2ccccc2)C=C1. The molecule has 0 atom stereocenters. The molecule has 3 nitrogen and oxygen atoms in total. The highest BCUT2D eigenvalue weighted by Gasteiger charge is 2.17. The van der Waals surface area contributed by atoms with Gasteiger partial charge in [0.2, 0.25) is 0 Å². The molecule has 0 amide bonds. The van der Waals surface area contributed by atoms with Gasteiger partial charge >= 0.3 is 0 Å². The molecule has 0 unspecified atom stereocenters. The fourth-order valence-corrected chi connectivity index (χ4v) is 7.03. The van der Waals surface area contributed by atoms with Gasteiger partial charge in [0.15, 0.2) is 0 Å². The topological polar surface area (TPSA) is 44.5 Å². The van der Waals surface area contributed by atoms with E-state index in [0.29, 0.717) is 0 Å². The molecule has 1 aliphatic carbocycles. The Bertz CT molecular complexity index is 2170. The summed E-state index contributed by atoms with van der Waals surface area (Å²) in [5, 5.41) is 0. The van der Waals surface area contributed by atoms with E-state index in [1.807, 2.05) is 0 Å². The second kappa shape index (κ2) is 11.7. The molecule has 7 aromatic rings. The Hall–Kier alpha value is -6.45. The zero-order chi connectivity index (χ0) is 31.9. The maximum absolute atomic E-state index is 5.36. The first-order valence-electron chi connectivity index (χ1n) is 16.3. The maximum atomic E-state index is 5.36. The van der Waals surface area contributed by atoms with E-state index in [4.69, 9.17) is 4.98 Å². The lowest BCUT2D eigenvalue weighted by molar-refractivity contribution is 1.32. The first-order valence-corrected chi connectivity index (χ1v) is 16.3. The molecule has 1 aliphatic heterocycles. The van der Waals surface area contributed by atoms with Gasteiger partial charge in [-0.2, -0.15) is 0 Å². The molecular weight excluding hydrogens is 583 g/mol. The van der Waals surface area contributed by atoms with Crippen molar-refractivity contribution in [1.29, 1.82) is 0 Å². The number of aromatic nitrogens is 3. The number of fused-ring (bicyclic) bond motifs is 8. The lowest BCUT2D eigenvalue weighted by atomic mass is 10.00. The summed E-state index contributed by atoms with van der Waals surface area (Å²) in [6.07, 6.45) is 8.79. The summed E-state index contributed by atoms with van der Waals surface area (Å²) in [4.78, 5) is 13.0. The molecule has 2 N–H and O–H groups in total. The average Bonchev–Trinajstić information content (AvgIpc) is 3.98. The fourth-order valence-electron chi connectivity index (χ4n) is 7.03. The monoisotopic (exact) mass is 613 g/mol. The van der Waals surface area contributed by atoms with Crippen LogP contribution < -0.4 is 0 Å². The number of aromatic amines is 2. The van der Waals surface area contributed by atoms with Gasteiger partial charge in [0.25, 0.3) is 0 Å². The predicted molar refractivity (Wildman–Crippen MR) is 203 cm³/mol. The van der Waals surface area contributed by atoms with Crippen LogP contribution in [-0.4, -0.2) is 15.0 Å². The Labute approximate surface area is 279 Å². The summed E-state index contributed by atoms with van der Waals surface area (Å²) in [6.45, 7) is 0. The highest BCUT2D eigenvalue weighted by atomic mass is 14.8. The van der Waals surface area contributed by atoms with E-state index < -0.39 is 0 Å². The summed E-state index contributed by atoms with van der Waals surface area (Å²) in [5.74, 6) is 0. The largest absolute Gasteiger partial charge is 0.354 e. The van der Waals surface area contributed by atoms with Crippen molar-refractivity contribution >= 4 is 46.4 Å². The standard InChI is InChI=1S/C45H31N3/c1-5-13-30(14-6-1)42-34-21-22-35(29-34)43(31-15-7-2-8-16-31)37-24-26-39(47-37)45(33-19-11-4-12-20-33)41-28-27-40(48-41)44(32-17-9-3-10-18-32)38-25-23-36(42)46-38/h1-29,46-47H. The number of hydrogen-bond acceptors (Lipinski definition) is 1. The zero-order valence-corrected chi connectivity index (χ0v) is 26.2. The van der Waals surface area contributed by atoms with E-state index in [2.05, 4.69) is 186 Å². The molecule has 4 aromatic carbocycles. The van der Waals surface area contributed by atoms with Crippen LogP contribution in [0.1, 0.15) is 22.5 Å². The van der Waals surface area contributed by atoms with Crippen molar-refractivity contribution in [2.75, 3.05) is 0 Å². The summed E-state index contributed by atoms with van der Waals surface area (Å²) in [6, 6.07) is 53.5. The Morgan fingerprint density at radius 1 is 0.312 bits per heavy atom. The fraction of sp³-hybridized carbons (Fsp3) is 0. The maximum Gasteiger partial charge on any atom is 0.0737 e. The van der Waals surface area contributed by atoms with E-state index >= 15 is 0 Å². The number of H-pyrrole nitrogens is 2. The van der Waals surface area contributed by atoms with Gasteiger partial charge in [-0.1, -0.05) is 133 Å². The number of rotatable bonds is 4. The Morgan fingerprint density at radius 3 is 0.979 bits per heavy atom. The lowest BCUT2D eigenvalue weighted by Crippen LogP contribution is -1.88. The highest BCUT2D eigenvalue weighted by Crippen LogP contribution is 2.39. The highest BCUT2D eigenvalue weighted by molar-refractivity contribution is 6.01. The molecule has 3 aromatic heterocycles. The quantitative estimate of drug-likeness (QED) is 0.204. The second-order valence-corrected chi connectivity index (χ2v) is 12.1. The molecule has 0 saturated heterocycles. The number of hydrogen-bond donors (Lipinski definition) is 2. The zero-order valence-electron chi connectivity index (χ0n) is 26.2. The molecule has 9 rings (SSSR count). The van der Waals surface area contributed by atoms with Crippen molar-refractivity contribution < 1.29 is 0 Å². The Balaban J connectivity index is 1.49. The second-order valence-electron chi connectivity index (χ2n) is 12.1. The van der Waals surface area contributed by atoms with E-state index in [1.165, 1.54) is 0 Å². The molecule has 3 heteroatoms. The molecule has 0 saturated carbocycles. The summed E-state index contributed by atoms with van der Waals surface area (Å²) in [5.41, 5.74) is 17.3. The van der Waals surface area contributed by atoms with Gasteiger partial charge in [0.1, 0.15) is 0 Å². The minimum Gasteiger partial charge on any atom is -0.354 e. The predicted octanol–water partition coefficient (Wildman–Crippen LogP) is 11.9. The molecule has 0 fully saturated rings. The third kappa shape index (κ3) is 4.90. The van der Waals surface area contributed by atoms with Crippen molar-refractivity contribution in [3.8, 4) is 44.5 Å². The van der Waals surface area contributed by atoms with Crippen LogP contribution in [0.4, 0.5) is 0 Å². The summed E-state index contributed by atoms with van der Waals surface area (Å²) < 4.78 is 0. The van der Waals surface area contributed by atoms with Gasteiger partial charge in [-0.3, -0.25) is 0 Å². The van der Waals surface area contributed by atoms with Crippen LogP contribution >= 0.6 is 0 Å². The number of nitrogens with one attached hydrogen (secondary N) is 2. The lowest BCUT2D eigenvalue weighted by Gasteiger charge is -2.07. The van der Waals surface area contributed by atoms with Crippen LogP contribution in [0, 0.1) is 0 Å². The molecule has 0 radical (unpaired) electrons. The minimum absolute atomic E-state index is 0.922. The number of benzene rings is 4. The molecule has 4 heterocycles. The van der Waals surface area contributed by atoms with Gasteiger partial charge in [-0.05, 0) is 75.9 Å². The van der Waals surface area contributed by atoms with Crippen LogP contribution in [-0.2, 0) is 0 Å². The first kappa shape index (κ1) is 27.8. The first-order chi connectivity index (χ1) is 23.8. The van der Waals surface area contributed by atoms with Crippen molar-refractivity contribution in [2.45, 2.75) is 0 Å². The van der Waals surface area contributed by atoms with Crippen LogP contribution in [0.15, 0.2) is 152 Å². The average molecular weight is 614 g/mol. The van der Waals surface area contributed by atoms with Crippen LogP contribution in [0.25, 0.3) is 90.9 Å². The molecule has 2 aliphatic rings. The van der Waals surface area contributed by atoms with Gasteiger partial charge in [0.05, 0.1) is 11.4 Å². The van der Waals surface area contributed by atoms with Gasteiger partial charge < -0.3 is 9.97 Å².